The Hall–Kier alpha value is -1.57. The van der Waals surface area contributed by atoms with E-state index in [1.54, 1.807) is 11.3 Å². The van der Waals surface area contributed by atoms with Gasteiger partial charge < -0.3 is 4.57 Å². The van der Waals surface area contributed by atoms with E-state index in [9.17, 15) is 4.79 Å². The molecule has 0 bridgehead atoms. The van der Waals surface area contributed by atoms with Gasteiger partial charge in [0.1, 0.15) is 5.78 Å². The maximum absolute atomic E-state index is 12.7. The van der Waals surface area contributed by atoms with Gasteiger partial charge in [0.15, 0.2) is 0 Å². The molecule has 6 atom stereocenters. The number of benzene rings is 1. The molecule has 0 aliphatic heterocycles. The van der Waals surface area contributed by atoms with Crippen LogP contribution in [0, 0.1) is 34.5 Å². The molecule has 4 aliphatic carbocycles. The van der Waals surface area contributed by atoms with E-state index in [1.165, 1.54) is 43.0 Å². The van der Waals surface area contributed by atoms with E-state index in [0.717, 1.165) is 37.0 Å². The van der Waals surface area contributed by atoms with E-state index in [2.05, 4.69) is 49.7 Å². The Morgan fingerprint density at radius 2 is 1.86 bits per heavy atom. The summed E-state index contributed by atoms with van der Waals surface area (Å²) in [5, 5.41) is 1.48. The van der Waals surface area contributed by atoms with Gasteiger partial charge in [-0.25, -0.2) is 0 Å². The number of carbonyl (C=O) groups is 1. The van der Waals surface area contributed by atoms with Crippen molar-refractivity contribution in [3.8, 4) is 0 Å². The highest BCUT2D eigenvalue weighted by atomic mass is 16.1. The second-order valence-electron chi connectivity index (χ2n) is 11.0. The molecule has 3 fully saturated rings. The van der Waals surface area contributed by atoms with Gasteiger partial charge in [-0.05, 0) is 85.7 Å². The molecule has 0 spiro atoms. The van der Waals surface area contributed by atoms with Crippen LogP contribution in [0.4, 0.5) is 0 Å². The first-order valence-corrected chi connectivity index (χ1v) is 11.5. The van der Waals surface area contributed by atoms with Crippen molar-refractivity contribution in [2.75, 3.05) is 0 Å². The van der Waals surface area contributed by atoms with E-state index in [0.29, 0.717) is 17.1 Å². The molecule has 0 amide bonds. The number of carbonyl (C=O) groups excluding carboxylic acids is 1. The molecule has 28 heavy (non-hydrogen) atoms. The molecule has 2 nitrogen and oxygen atoms in total. The number of ketones is 1. The van der Waals surface area contributed by atoms with Crippen LogP contribution in [-0.4, -0.2) is 10.4 Å². The molecule has 1 heterocycles. The van der Waals surface area contributed by atoms with Gasteiger partial charge in [-0.1, -0.05) is 32.0 Å². The van der Waals surface area contributed by atoms with Crippen LogP contribution < -0.4 is 0 Å². The summed E-state index contributed by atoms with van der Waals surface area (Å²) in [6.45, 7) is 4.93. The Bertz CT molecular complexity index is 986. The SMILES string of the molecule is Cn1c2c(c3ccccc31)C[C@@]1(C)[C@@H](CC[C@H]3[C@@H]1CC[C@@]1(C)C(=O)CC[C@@H]31)C2. The summed E-state index contributed by atoms with van der Waals surface area (Å²) in [6.07, 6.45) is 9.64. The molecule has 0 saturated heterocycles. The molecular formula is C26H33NO. The number of hydrogen-bond donors (Lipinski definition) is 0. The van der Waals surface area contributed by atoms with Gasteiger partial charge in [-0.2, -0.15) is 0 Å². The molecule has 2 heteroatoms. The van der Waals surface area contributed by atoms with Crippen LogP contribution in [0.2, 0.25) is 0 Å². The first-order valence-electron chi connectivity index (χ1n) is 11.5. The van der Waals surface area contributed by atoms with E-state index in [4.69, 9.17) is 0 Å². The minimum atomic E-state index is 0.00361. The fourth-order valence-electron chi connectivity index (χ4n) is 8.51. The van der Waals surface area contributed by atoms with Crippen molar-refractivity contribution in [1.82, 2.24) is 4.57 Å². The summed E-state index contributed by atoms with van der Waals surface area (Å²) in [5.41, 5.74) is 5.05. The van der Waals surface area contributed by atoms with Crippen LogP contribution in [0.15, 0.2) is 24.3 Å². The molecule has 1 aromatic heterocycles. The molecule has 0 unspecified atom stereocenters. The highest BCUT2D eigenvalue weighted by Gasteiger charge is 2.60. The summed E-state index contributed by atoms with van der Waals surface area (Å²) in [7, 11) is 2.27. The third-order valence-electron chi connectivity index (χ3n) is 10.1. The predicted octanol–water partition coefficient (Wildman–Crippen LogP) is 5.70. The Kier molecular flexibility index (Phi) is 3.41. The minimum Gasteiger partial charge on any atom is -0.347 e. The van der Waals surface area contributed by atoms with Crippen molar-refractivity contribution in [1.29, 1.82) is 0 Å². The fourth-order valence-corrected chi connectivity index (χ4v) is 8.51. The van der Waals surface area contributed by atoms with E-state index in [1.807, 2.05) is 0 Å². The number of nitrogens with zero attached hydrogens (tertiary/aromatic N) is 1. The van der Waals surface area contributed by atoms with E-state index in [-0.39, 0.29) is 5.41 Å². The first kappa shape index (κ1) is 17.3. The van der Waals surface area contributed by atoms with Crippen LogP contribution in [0.3, 0.4) is 0 Å². The highest BCUT2D eigenvalue weighted by Crippen LogP contribution is 2.65. The van der Waals surface area contributed by atoms with Gasteiger partial charge in [-0.15, -0.1) is 0 Å². The molecule has 3 saturated carbocycles. The molecule has 6 rings (SSSR count). The van der Waals surface area contributed by atoms with Gasteiger partial charge in [0.05, 0.1) is 0 Å². The molecule has 2 aromatic rings. The maximum atomic E-state index is 12.7. The number of aryl methyl sites for hydroxylation is 1. The maximum Gasteiger partial charge on any atom is 0.139 e. The van der Waals surface area contributed by atoms with Gasteiger partial charge in [0, 0.05) is 35.5 Å². The topological polar surface area (TPSA) is 22.0 Å². The van der Waals surface area contributed by atoms with Crippen LogP contribution >= 0.6 is 0 Å². The lowest BCUT2D eigenvalue weighted by atomic mass is 9.45. The zero-order chi connectivity index (χ0) is 19.3. The molecule has 0 radical (unpaired) electrons. The second kappa shape index (κ2) is 5.52. The van der Waals surface area contributed by atoms with Gasteiger partial charge in [-0.3, -0.25) is 4.79 Å². The van der Waals surface area contributed by atoms with Crippen molar-refractivity contribution < 1.29 is 4.79 Å². The lowest BCUT2D eigenvalue weighted by Crippen LogP contribution is -2.54. The quantitative estimate of drug-likeness (QED) is 0.578. The van der Waals surface area contributed by atoms with Crippen molar-refractivity contribution in [3.63, 3.8) is 0 Å². The standard InChI is InChI=1S/C26H33NO/c1-25-13-12-21-18(20(25)10-11-24(25)28)9-8-16-14-23-19(15-26(16,21)2)17-6-4-5-7-22(17)27(23)3/h4-7,16,18,20-21H,8-15H2,1-3H3/t16-,18+,20-,21-,25+,26-/m0/s1. The zero-order valence-corrected chi connectivity index (χ0v) is 17.6. The Balaban J connectivity index is 1.43. The molecule has 4 aliphatic rings. The lowest BCUT2D eigenvalue weighted by Gasteiger charge is -2.59. The van der Waals surface area contributed by atoms with Crippen LogP contribution in [-0.2, 0) is 24.7 Å². The predicted molar refractivity (Wildman–Crippen MR) is 113 cm³/mol. The van der Waals surface area contributed by atoms with Crippen LogP contribution in [0.5, 0.6) is 0 Å². The number of aromatic nitrogens is 1. The highest BCUT2D eigenvalue weighted by molar-refractivity contribution is 5.87. The average Bonchev–Trinajstić information content (AvgIpc) is 3.14. The summed E-state index contributed by atoms with van der Waals surface area (Å²) in [4.78, 5) is 12.7. The summed E-state index contributed by atoms with van der Waals surface area (Å²) in [6, 6.07) is 9.01. The molecule has 0 N–H and O–H groups in total. The largest absolute Gasteiger partial charge is 0.347 e. The van der Waals surface area contributed by atoms with Crippen molar-refractivity contribution in [3.05, 3.63) is 35.5 Å². The minimum absolute atomic E-state index is 0.00361. The Labute approximate surface area is 168 Å². The van der Waals surface area contributed by atoms with E-state index >= 15 is 0 Å². The summed E-state index contributed by atoms with van der Waals surface area (Å²) in [5.74, 6) is 3.63. The number of rotatable bonds is 0. The van der Waals surface area contributed by atoms with Crippen molar-refractivity contribution in [2.24, 2.45) is 41.5 Å². The average molecular weight is 376 g/mol. The van der Waals surface area contributed by atoms with Crippen molar-refractivity contribution in [2.45, 2.75) is 65.2 Å². The Morgan fingerprint density at radius 1 is 1.04 bits per heavy atom. The summed E-state index contributed by atoms with van der Waals surface area (Å²) < 4.78 is 2.48. The van der Waals surface area contributed by atoms with Crippen molar-refractivity contribution >= 4 is 16.7 Å². The van der Waals surface area contributed by atoms with Gasteiger partial charge in [0.25, 0.3) is 0 Å². The van der Waals surface area contributed by atoms with Crippen LogP contribution in [0.25, 0.3) is 10.9 Å². The number of para-hydroxylation sites is 1. The summed E-state index contributed by atoms with van der Waals surface area (Å²) >= 11 is 0. The lowest BCUT2D eigenvalue weighted by molar-refractivity contribution is -0.136. The third kappa shape index (κ3) is 1.97. The zero-order valence-electron chi connectivity index (χ0n) is 17.6. The third-order valence-corrected chi connectivity index (χ3v) is 10.1. The number of hydrogen-bond acceptors (Lipinski definition) is 1. The number of Topliss-reactive ketones (excluding diaryl/α,β-unsaturated/α-hetero) is 1. The van der Waals surface area contributed by atoms with Gasteiger partial charge >= 0.3 is 0 Å². The molecular weight excluding hydrogens is 342 g/mol. The molecule has 148 valence electrons. The van der Waals surface area contributed by atoms with Crippen LogP contribution in [0.1, 0.15) is 63.6 Å². The smallest absolute Gasteiger partial charge is 0.139 e. The van der Waals surface area contributed by atoms with E-state index < -0.39 is 0 Å². The molecule has 1 aromatic carbocycles. The monoisotopic (exact) mass is 375 g/mol. The normalized spacial score (nSPS) is 42.0. The fraction of sp³-hybridized carbons (Fsp3) is 0.654. The number of fused-ring (bicyclic) bond motifs is 8. The second-order valence-corrected chi connectivity index (χ2v) is 11.0. The first-order chi connectivity index (χ1) is 13.4. The van der Waals surface area contributed by atoms with Gasteiger partial charge in [0.2, 0.25) is 0 Å². The Morgan fingerprint density at radius 3 is 2.71 bits per heavy atom.